The topological polar surface area (TPSA) is 86.6 Å². The number of carbonyl (C=O) groups is 2. The van der Waals surface area contributed by atoms with Crippen molar-refractivity contribution in [1.29, 1.82) is 0 Å². The van der Waals surface area contributed by atoms with E-state index in [1.807, 2.05) is 13.8 Å². The molecule has 5 heteroatoms. The molecule has 1 amide bonds. The van der Waals surface area contributed by atoms with Crippen LogP contribution in [0.3, 0.4) is 0 Å². The summed E-state index contributed by atoms with van der Waals surface area (Å²) < 4.78 is 0. The third-order valence-electron chi connectivity index (χ3n) is 3.82. The van der Waals surface area contributed by atoms with Gasteiger partial charge in [-0.25, -0.2) is 4.79 Å². The molecule has 0 saturated heterocycles. The Labute approximate surface area is 117 Å². The lowest BCUT2D eigenvalue weighted by Gasteiger charge is -2.15. The number of carboxylic acid groups (broad SMARTS) is 1. The maximum absolute atomic E-state index is 12.0. The molecule has 0 aliphatic heterocycles. The van der Waals surface area contributed by atoms with Crippen molar-refractivity contribution < 1.29 is 19.8 Å². The number of hydrogen-bond acceptors (Lipinski definition) is 3. The van der Waals surface area contributed by atoms with Crippen LogP contribution in [0.2, 0.25) is 0 Å². The fourth-order valence-electron chi connectivity index (χ4n) is 2.25. The van der Waals surface area contributed by atoms with Gasteiger partial charge in [-0.15, -0.1) is 0 Å². The highest BCUT2D eigenvalue weighted by Crippen LogP contribution is 2.51. The first-order valence-corrected chi connectivity index (χ1v) is 6.61. The first-order chi connectivity index (χ1) is 9.29. The summed E-state index contributed by atoms with van der Waals surface area (Å²) in [4.78, 5) is 23.2. The molecule has 0 bridgehead atoms. The molecule has 0 radical (unpaired) electrons. The molecule has 2 rings (SSSR count). The number of nitrogens with one attached hydrogen (secondary N) is 1. The summed E-state index contributed by atoms with van der Waals surface area (Å²) >= 11 is 0. The number of benzene rings is 1. The van der Waals surface area contributed by atoms with E-state index in [0.29, 0.717) is 0 Å². The molecule has 2 unspecified atom stereocenters. The van der Waals surface area contributed by atoms with Crippen LogP contribution in [-0.4, -0.2) is 28.1 Å². The summed E-state index contributed by atoms with van der Waals surface area (Å²) in [5.74, 6) is -1.21. The molecule has 0 aromatic heterocycles. The van der Waals surface area contributed by atoms with E-state index in [-0.39, 0.29) is 29.4 Å². The number of amides is 1. The highest BCUT2D eigenvalue weighted by molar-refractivity contribution is 5.87. The minimum atomic E-state index is -1.05. The van der Waals surface area contributed by atoms with E-state index in [2.05, 4.69) is 5.32 Å². The zero-order chi connectivity index (χ0) is 14.9. The number of hydrogen-bond donors (Lipinski definition) is 3. The van der Waals surface area contributed by atoms with Crippen molar-refractivity contribution in [2.24, 2.45) is 11.3 Å². The standard InChI is InChI=1S/C15H19NO4/c1-15(2)8-11(15)13(18)16-12(14(19)20)7-9-3-5-10(17)6-4-9/h3-6,11-12,17H,7-8H2,1-2H3,(H,16,18)(H,19,20). The average molecular weight is 277 g/mol. The van der Waals surface area contributed by atoms with Gasteiger partial charge >= 0.3 is 5.97 Å². The molecular weight excluding hydrogens is 258 g/mol. The van der Waals surface area contributed by atoms with E-state index in [4.69, 9.17) is 0 Å². The van der Waals surface area contributed by atoms with Gasteiger partial charge in [0.05, 0.1) is 0 Å². The van der Waals surface area contributed by atoms with Crippen LogP contribution in [0.25, 0.3) is 0 Å². The van der Waals surface area contributed by atoms with Gasteiger partial charge in [-0.1, -0.05) is 26.0 Å². The highest BCUT2D eigenvalue weighted by Gasteiger charge is 2.51. The van der Waals surface area contributed by atoms with Crippen LogP contribution < -0.4 is 5.32 Å². The Morgan fingerprint density at radius 2 is 1.90 bits per heavy atom. The lowest BCUT2D eigenvalue weighted by Crippen LogP contribution is -2.43. The minimum Gasteiger partial charge on any atom is -0.508 e. The van der Waals surface area contributed by atoms with Gasteiger partial charge in [0.15, 0.2) is 0 Å². The number of carboxylic acids is 1. The number of aliphatic carboxylic acids is 1. The maximum Gasteiger partial charge on any atom is 0.326 e. The Morgan fingerprint density at radius 1 is 1.35 bits per heavy atom. The monoisotopic (exact) mass is 277 g/mol. The smallest absolute Gasteiger partial charge is 0.326 e. The molecule has 1 aromatic rings. The number of carbonyl (C=O) groups excluding carboxylic acids is 1. The van der Waals surface area contributed by atoms with Crippen LogP contribution in [0.5, 0.6) is 5.75 Å². The third kappa shape index (κ3) is 3.29. The molecular formula is C15H19NO4. The summed E-state index contributed by atoms with van der Waals surface area (Å²) in [5, 5.41) is 21.0. The van der Waals surface area contributed by atoms with E-state index >= 15 is 0 Å². The molecule has 5 nitrogen and oxygen atoms in total. The first-order valence-electron chi connectivity index (χ1n) is 6.61. The van der Waals surface area contributed by atoms with Crippen molar-refractivity contribution >= 4 is 11.9 Å². The van der Waals surface area contributed by atoms with Crippen molar-refractivity contribution in [1.82, 2.24) is 5.32 Å². The highest BCUT2D eigenvalue weighted by atomic mass is 16.4. The summed E-state index contributed by atoms with van der Waals surface area (Å²) in [6, 6.07) is 5.36. The average Bonchev–Trinajstić information content (AvgIpc) is 3.00. The summed E-state index contributed by atoms with van der Waals surface area (Å²) in [5.41, 5.74) is 0.733. The predicted octanol–water partition coefficient (Wildman–Crippen LogP) is 1.55. The van der Waals surface area contributed by atoms with E-state index < -0.39 is 12.0 Å². The van der Waals surface area contributed by atoms with Crippen molar-refractivity contribution in [2.45, 2.75) is 32.7 Å². The van der Waals surface area contributed by atoms with Crippen LogP contribution >= 0.6 is 0 Å². The maximum atomic E-state index is 12.0. The molecule has 1 aliphatic rings. The second kappa shape index (κ2) is 5.15. The Balaban J connectivity index is 1.99. The van der Waals surface area contributed by atoms with Crippen LogP contribution in [0.15, 0.2) is 24.3 Å². The van der Waals surface area contributed by atoms with Crippen molar-refractivity contribution in [3.05, 3.63) is 29.8 Å². The molecule has 3 N–H and O–H groups in total. The third-order valence-corrected chi connectivity index (χ3v) is 3.82. The van der Waals surface area contributed by atoms with Crippen LogP contribution in [-0.2, 0) is 16.0 Å². The van der Waals surface area contributed by atoms with Gasteiger partial charge in [-0.05, 0) is 29.5 Å². The van der Waals surface area contributed by atoms with Crippen LogP contribution in [0.4, 0.5) is 0 Å². The molecule has 1 aliphatic carbocycles. The Hall–Kier alpha value is -2.04. The van der Waals surface area contributed by atoms with Gasteiger partial charge in [0.2, 0.25) is 5.91 Å². The lowest BCUT2D eigenvalue weighted by atomic mass is 10.0. The molecule has 2 atom stereocenters. The molecule has 0 spiro atoms. The lowest BCUT2D eigenvalue weighted by molar-refractivity contribution is -0.142. The Morgan fingerprint density at radius 3 is 2.35 bits per heavy atom. The van der Waals surface area contributed by atoms with Gasteiger partial charge in [-0.2, -0.15) is 0 Å². The van der Waals surface area contributed by atoms with Gasteiger partial charge in [0.1, 0.15) is 11.8 Å². The fourth-order valence-corrected chi connectivity index (χ4v) is 2.25. The second-order valence-corrected chi connectivity index (χ2v) is 6.02. The number of phenolic OH excluding ortho intramolecular Hbond substituents is 1. The Bertz CT molecular complexity index is 521. The van der Waals surface area contributed by atoms with E-state index in [0.717, 1.165) is 12.0 Å². The second-order valence-electron chi connectivity index (χ2n) is 6.02. The Kier molecular flexibility index (Phi) is 3.70. The fraction of sp³-hybridized carbons (Fsp3) is 0.467. The van der Waals surface area contributed by atoms with Gasteiger partial charge in [-0.3, -0.25) is 4.79 Å². The van der Waals surface area contributed by atoms with Crippen molar-refractivity contribution in [3.63, 3.8) is 0 Å². The minimum absolute atomic E-state index is 0.0221. The molecule has 1 aromatic carbocycles. The van der Waals surface area contributed by atoms with Gasteiger partial charge in [0.25, 0.3) is 0 Å². The van der Waals surface area contributed by atoms with Crippen LogP contribution in [0, 0.1) is 11.3 Å². The van der Waals surface area contributed by atoms with E-state index in [9.17, 15) is 19.8 Å². The number of rotatable bonds is 5. The molecule has 1 fully saturated rings. The van der Waals surface area contributed by atoms with Crippen molar-refractivity contribution in [2.75, 3.05) is 0 Å². The normalized spacial score (nSPS) is 21.0. The number of aromatic hydroxyl groups is 1. The van der Waals surface area contributed by atoms with Crippen molar-refractivity contribution in [3.8, 4) is 5.75 Å². The molecule has 1 saturated carbocycles. The quantitative estimate of drug-likeness (QED) is 0.762. The summed E-state index contributed by atoms with van der Waals surface area (Å²) in [6.45, 7) is 3.99. The van der Waals surface area contributed by atoms with Gasteiger partial charge in [0, 0.05) is 12.3 Å². The van der Waals surface area contributed by atoms with Crippen LogP contribution in [0.1, 0.15) is 25.8 Å². The predicted molar refractivity (Wildman–Crippen MR) is 73.3 cm³/mol. The first kappa shape index (κ1) is 14.4. The van der Waals surface area contributed by atoms with Gasteiger partial charge < -0.3 is 15.5 Å². The molecule has 0 heterocycles. The zero-order valence-corrected chi connectivity index (χ0v) is 11.6. The summed E-state index contributed by atoms with van der Waals surface area (Å²) in [7, 11) is 0. The molecule has 108 valence electrons. The summed E-state index contributed by atoms with van der Waals surface area (Å²) in [6.07, 6.45) is 0.999. The SMILES string of the molecule is CC1(C)CC1C(=O)NC(Cc1ccc(O)cc1)C(=O)O. The largest absolute Gasteiger partial charge is 0.508 e. The molecule has 20 heavy (non-hydrogen) atoms. The van der Waals surface area contributed by atoms with E-state index in [1.54, 1.807) is 12.1 Å². The van der Waals surface area contributed by atoms with E-state index in [1.165, 1.54) is 12.1 Å². The number of phenols is 1. The zero-order valence-electron chi connectivity index (χ0n) is 11.6.